The average molecular weight is 430 g/mol. The second kappa shape index (κ2) is 8.51. The standard InChI is InChI=1S/C21H23N3O3S2/c25-20(13-10-15-6-4-5-7-15)22-16-11-12-18-19(14-16)28-21(23-18)24-29(26,27)17-8-2-1-3-9-17/h1-3,8-9,11-12,14-15H,4-7,10,13H2,(H,22,25)(H,23,24). The molecule has 2 N–H and O–H groups in total. The van der Waals surface area contributed by atoms with Gasteiger partial charge in [0.1, 0.15) is 0 Å². The highest BCUT2D eigenvalue weighted by Crippen LogP contribution is 2.31. The normalized spacial score (nSPS) is 14.9. The number of nitrogens with one attached hydrogen (secondary N) is 2. The highest BCUT2D eigenvalue weighted by molar-refractivity contribution is 7.93. The molecule has 1 aliphatic carbocycles. The molecule has 0 radical (unpaired) electrons. The lowest BCUT2D eigenvalue weighted by Crippen LogP contribution is -2.12. The Morgan fingerprint density at radius 3 is 2.62 bits per heavy atom. The average Bonchev–Trinajstić information content (AvgIpc) is 3.35. The minimum atomic E-state index is -3.68. The molecule has 0 atom stereocenters. The van der Waals surface area contributed by atoms with Gasteiger partial charge in [-0.2, -0.15) is 0 Å². The van der Waals surface area contributed by atoms with Gasteiger partial charge in [0.2, 0.25) is 5.91 Å². The van der Waals surface area contributed by atoms with Crippen LogP contribution in [0.1, 0.15) is 38.5 Å². The number of anilines is 2. The summed E-state index contributed by atoms with van der Waals surface area (Å²) in [5.74, 6) is 0.704. The molecule has 8 heteroatoms. The highest BCUT2D eigenvalue weighted by Gasteiger charge is 2.18. The third kappa shape index (κ3) is 4.94. The molecular weight excluding hydrogens is 406 g/mol. The van der Waals surface area contributed by atoms with E-state index in [1.165, 1.54) is 49.2 Å². The quantitative estimate of drug-likeness (QED) is 0.553. The molecule has 152 valence electrons. The van der Waals surface area contributed by atoms with E-state index in [4.69, 9.17) is 0 Å². The van der Waals surface area contributed by atoms with Crippen molar-refractivity contribution in [3.8, 4) is 0 Å². The first-order valence-electron chi connectivity index (χ1n) is 9.78. The maximum Gasteiger partial charge on any atom is 0.263 e. The zero-order valence-electron chi connectivity index (χ0n) is 15.9. The summed E-state index contributed by atoms with van der Waals surface area (Å²) >= 11 is 1.24. The summed E-state index contributed by atoms with van der Waals surface area (Å²) in [5.41, 5.74) is 1.39. The second-order valence-corrected chi connectivity index (χ2v) is 10.1. The van der Waals surface area contributed by atoms with Gasteiger partial charge in [-0.25, -0.2) is 13.4 Å². The molecule has 1 heterocycles. The first-order chi connectivity index (χ1) is 14.0. The van der Waals surface area contributed by atoms with Gasteiger partial charge < -0.3 is 5.32 Å². The van der Waals surface area contributed by atoms with Crippen LogP contribution in [0.15, 0.2) is 53.4 Å². The zero-order chi connectivity index (χ0) is 20.3. The molecule has 6 nitrogen and oxygen atoms in total. The third-order valence-electron chi connectivity index (χ3n) is 5.20. The minimum absolute atomic E-state index is 0.0192. The first kappa shape index (κ1) is 19.8. The molecule has 0 saturated heterocycles. The fourth-order valence-electron chi connectivity index (χ4n) is 3.68. The van der Waals surface area contributed by atoms with Crippen LogP contribution in [0.2, 0.25) is 0 Å². The van der Waals surface area contributed by atoms with Gasteiger partial charge in [-0.1, -0.05) is 55.2 Å². The fourth-order valence-corrected chi connectivity index (χ4v) is 5.84. The Labute approximate surface area is 174 Å². The summed E-state index contributed by atoms with van der Waals surface area (Å²) in [6.07, 6.45) is 6.52. The monoisotopic (exact) mass is 429 g/mol. The van der Waals surface area contributed by atoms with Crippen molar-refractivity contribution in [3.63, 3.8) is 0 Å². The van der Waals surface area contributed by atoms with Gasteiger partial charge in [-0.15, -0.1) is 0 Å². The summed E-state index contributed by atoms with van der Waals surface area (Å²) in [6.45, 7) is 0. The lowest BCUT2D eigenvalue weighted by Gasteiger charge is -2.09. The number of benzene rings is 2. The topological polar surface area (TPSA) is 88.2 Å². The Morgan fingerprint density at radius 1 is 1.10 bits per heavy atom. The summed E-state index contributed by atoms with van der Waals surface area (Å²) < 4.78 is 28.3. The Hall–Kier alpha value is -2.45. The molecule has 4 rings (SSSR count). The Kier molecular flexibility index (Phi) is 5.82. The summed E-state index contributed by atoms with van der Waals surface area (Å²) in [4.78, 5) is 16.8. The van der Waals surface area contributed by atoms with Gasteiger partial charge >= 0.3 is 0 Å². The van der Waals surface area contributed by atoms with Gasteiger partial charge in [0.05, 0.1) is 15.1 Å². The number of carbonyl (C=O) groups is 1. The van der Waals surface area contributed by atoms with E-state index in [-0.39, 0.29) is 10.8 Å². The molecule has 1 amide bonds. The van der Waals surface area contributed by atoms with Crippen LogP contribution in [0, 0.1) is 5.92 Å². The van der Waals surface area contributed by atoms with Crippen LogP contribution >= 0.6 is 11.3 Å². The number of sulfonamides is 1. The summed E-state index contributed by atoms with van der Waals surface area (Å²) in [5, 5.41) is 3.24. The highest BCUT2D eigenvalue weighted by atomic mass is 32.2. The van der Waals surface area contributed by atoms with Gasteiger partial charge in [0, 0.05) is 12.1 Å². The van der Waals surface area contributed by atoms with Crippen molar-refractivity contribution < 1.29 is 13.2 Å². The van der Waals surface area contributed by atoms with E-state index in [0.717, 1.165) is 11.1 Å². The van der Waals surface area contributed by atoms with Crippen LogP contribution in [0.4, 0.5) is 10.8 Å². The SMILES string of the molecule is O=C(CCC1CCCC1)Nc1ccc2nc(NS(=O)(=O)c3ccccc3)sc2c1. The van der Waals surface area contributed by atoms with Crippen LogP contribution in [-0.2, 0) is 14.8 Å². The molecule has 0 spiro atoms. The van der Waals surface area contributed by atoms with Crippen molar-refractivity contribution in [1.29, 1.82) is 0 Å². The molecule has 1 aliphatic rings. The van der Waals surface area contributed by atoms with E-state index in [0.29, 0.717) is 28.7 Å². The van der Waals surface area contributed by atoms with Crippen molar-refractivity contribution in [1.82, 2.24) is 4.98 Å². The van der Waals surface area contributed by atoms with Crippen LogP contribution in [0.3, 0.4) is 0 Å². The zero-order valence-corrected chi connectivity index (χ0v) is 17.6. The number of fused-ring (bicyclic) bond motifs is 1. The molecule has 2 aromatic carbocycles. The lowest BCUT2D eigenvalue weighted by atomic mass is 10.0. The van der Waals surface area contributed by atoms with Crippen LogP contribution in [0.25, 0.3) is 10.2 Å². The van der Waals surface area contributed by atoms with Gasteiger partial charge in [0.15, 0.2) is 5.13 Å². The molecule has 0 unspecified atom stereocenters. The maximum atomic E-state index is 12.5. The molecule has 1 fully saturated rings. The van der Waals surface area contributed by atoms with E-state index in [1.807, 2.05) is 6.07 Å². The Balaban J connectivity index is 1.43. The number of hydrogen-bond donors (Lipinski definition) is 2. The van der Waals surface area contributed by atoms with E-state index < -0.39 is 10.0 Å². The number of hydrogen-bond acceptors (Lipinski definition) is 5. The van der Waals surface area contributed by atoms with E-state index in [9.17, 15) is 13.2 Å². The number of rotatable bonds is 7. The van der Waals surface area contributed by atoms with Crippen molar-refractivity contribution in [2.75, 3.05) is 10.0 Å². The van der Waals surface area contributed by atoms with Gasteiger partial charge in [0.25, 0.3) is 10.0 Å². The summed E-state index contributed by atoms with van der Waals surface area (Å²) in [6, 6.07) is 13.6. The van der Waals surface area contributed by atoms with Crippen LogP contribution in [0.5, 0.6) is 0 Å². The number of amides is 1. The smallest absolute Gasteiger partial charge is 0.263 e. The lowest BCUT2D eigenvalue weighted by molar-refractivity contribution is -0.116. The molecule has 0 aliphatic heterocycles. The molecule has 0 bridgehead atoms. The van der Waals surface area contributed by atoms with Crippen LogP contribution < -0.4 is 10.0 Å². The van der Waals surface area contributed by atoms with Crippen LogP contribution in [-0.4, -0.2) is 19.3 Å². The second-order valence-electron chi connectivity index (χ2n) is 7.36. The van der Waals surface area contributed by atoms with E-state index in [2.05, 4.69) is 15.0 Å². The molecule has 1 saturated carbocycles. The largest absolute Gasteiger partial charge is 0.326 e. The Bertz CT molecular complexity index is 1100. The fraction of sp³-hybridized carbons (Fsp3) is 0.333. The predicted molar refractivity (Wildman–Crippen MR) is 117 cm³/mol. The Morgan fingerprint density at radius 2 is 1.86 bits per heavy atom. The van der Waals surface area contributed by atoms with E-state index >= 15 is 0 Å². The van der Waals surface area contributed by atoms with Crippen molar-refractivity contribution >= 4 is 48.3 Å². The first-order valence-corrected chi connectivity index (χ1v) is 12.1. The van der Waals surface area contributed by atoms with E-state index in [1.54, 1.807) is 30.3 Å². The molecule has 3 aromatic rings. The number of aromatic nitrogens is 1. The van der Waals surface area contributed by atoms with Crippen molar-refractivity contribution in [2.45, 2.75) is 43.4 Å². The number of thiazole rings is 1. The number of carbonyl (C=O) groups excluding carboxylic acids is 1. The van der Waals surface area contributed by atoms with Crippen molar-refractivity contribution in [2.24, 2.45) is 5.92 Å². The third-order valence-corrected chi connectivity index (χ3v) is 7.62. The predicted octanol–water partition coefficient (Wildman–Crippen LogP) is 5.01. The van der Waals surface area contributed by atoms with Gasteiger partial charge in [-0.3, -0.25) is 9.52 Å². The maximum absolute atomic E-state index is 12.5. The molecule has 1 aromatic heterocycles. The minimum Gasteiger partial charge on any atom is -0.326 e. The number of nitrogens with zero attached hydrogens (tertiary/aromatic N) is 1. The molecular formula is C21H23N3O3S2. The van der Waals surface area contributed by atoms with Gasteiger partial charge in [-0.05, 0) is 42.7 Å². The molecule has 29 heavy (non-hydrogen) atoms. The van der Waals surface area contributed by atoms with Crippen molar-refractivity contribution in [3.05, 3.63) is 48.5 Å². The summed E-state index contributed by atoms with van der Waals surface area (Å²) in [7, 11) is -3.68.